The predicted octanol–water partition coefficient (Wildman–Crippen LogP) is 4.78. The molecule has 0 aliphatic heterocycles. The number of halogens is 2. The number of aliphatic hydroxyl groups excluding tert-OH is 1. The van der Waals surface area contributed by atoms with E-state index in [4.69, 9.17) is 11.6 Å². The second-order valence-corrected chi connectivity index (χ2v) is 6.89. The number of hydrogen-bond donors (Lipinski definition) is 2. The molecule has 0 aromatic heterocycles. The van der Waals surface area contributed by atoms with Crippen molar-refractivity contribution >= 4 is 17.5 Å². The van der Waals surface area contributed by atoms with E-state index in [2.05, 4.69) is 5.32 Å². The van der Waals surface area contributed by atoms with E-state index in [0.717, 1.165) is 11.1 Å². The van der Waals surface area contributed by atoms with Crippen LogP contribution in [-0.4, -0.2) is 17.6 Å². The van der Waals surface area contributed by atoms with Gasteiger partial charge in [0.15, 0.2) is 0 Å². The number of amides is 1. The zero-order valence-corrected chi connectivity index (χ0v) is 15.5. The zero-order valence-electron chi connectivity index (χ0n) is 14.7. The van der Waals surface area contributed by atoms with Gasteiger partial charge in [-0.15, -0.1) is 0 Å². The van der Waals surface area contributed by atoms with Gasteiger partial charge in [-0.2, -0.15) is 0 Å². The maximum Gasteiger partial charge on any atom is 0.256 e. The molecule has 0 aliphatic carbocycles. The topological polar surface area (TPSA) is 49.3 Å². The minimum absolute atomic E-state index is 0.0206. The van der Waals surface area contributed by atoms with Crippen LogP contribution in [0.5, 0.6) is 0 Å². The Morgan fingerprint density at radius 2 is 1.63 bits per heavy atom. The van der Waals surface area contributed by atoms with Crippen LogP contribution in [0.3, 0.4) is 0 Å². The Balaban J connectivity index is 1.88. The molecule has 0 saturated carbocycles. The first-order valence-electron chi connectivity index (χ1n) is 8.48. The van der Waals surface area contributed by atoms with Crippen LogP contribution in [0.4, 0.5) is 4.39 Å². The summed E-state index contributed by atoms with van der Waals surface area (Å²) in [5, 5.41) is 12.6. The first kappa shape index (κ1) is 19.1. The standard InChI is InChI=1S/C22H19ClFNO2/c1-22(14-26,25-21(27)20-18(23)8-5-9-19(20)24)17-12-10-16(11-13-17)15-6-3-2-4-7-15/h2-13,26H,14H2,1H3,(H,25,27). The highest BCUT2D eigenvalue weighted by Crippen LogP contribution is 2.27. The number of aliphatic hydroxyl groups is 1. The van der Waals surface area contributed by atoms with Gasteiger partial charge in [0.1, 0.15) is 5.82 Å². The molecule has 5 heteroatoms. The molecule has 0 aliphatic rings. The van der Waals surface area contributed by atoms with Gasteiger partial charge in [0, 0.05) is 0 Å². The Kier molecular flexibility index (Phi) is 5.59. The lowest BCUT2D eigenvalue weighted by Gasteiger charge is -2.30. The molecule has 0 spiro atoms. The van der Waals surface area contributed by atoms with Crippen molar-refractivity contribution < 1.29 is 14.3 Å². The monoisotopic (exact) mass is 383 g/mol. The smallest absolute Gasteiger partial charge is 0.256 e. The van der Waals surface area contributed by atoms with Gasteiger partial charge in [0.05, 0.1) is 22.7 Å². The van der Waals surface area contributed by atoms with Gasteiger partial charge < -0.3 is 10.4 Å². The highest BCUT2D eigenvalue weighted by Gasteiger charge is 2.30. The quantitative estimate of drug-likeness (QED) is 0.666. The van der Waals surface area contributed by atoms with E-state index >= 15 is 0 Å². The molecular formula is C22H19ClFNO2. The fourth-order valence-corrected chi connectivity index (χ4v) is 3.14. The molecule has 0 bridgehead atoms. The van der Waals surface area contributed by atoms with Crippen molar-refractivity contribution in [3.8, 4) is 11.1 Å². The van der Waals surface area contributed by atoms with Crippen LogP contribution < -0.4 is 5.32 Å². The maximum atomic E-state index is 14.0. The summed E-state index contributed by atoms with van der Waals surface area (Å²) in [5.74, 6) is -1.39. The van der Waals surface area contributed by atoms with E-state index in [9.17, 15) is 14.3 Å². The summed E-state index contributed by atoms with van der Waals surface area (Å²) in [6.45, 7) is 1.33. The SMILES string of the molecule is CC(CO)(NC(=O)c1c(F)cccc1Cl)c1ccc(-c2ccccc2)cc1. The molecule has 1 amide bonds. The number of carbonyl (C=O) groups excluding carboxylic acids is 1. The molecule has 0 radical (unpaired) electrons. The Morgan fingerprint density at radius 3 is 2.22 bits per heavy atom. The van der Waals surface area contributed by atoms with Gasteiger partial charge in [-0.1, -0.05) is 72.3 Å². The number of benzene rings is 3. The van der Waals surface area contributed by atoms with Gasteiger partial charge >= 0.3 is 0 Å². The summed E-state index contributed by atoms with van der Waals surface area (Å²) in [5.41, 5.74) is 1.46. The molecule has 3 rings (SSSR count). The van der Waals surface area contributed by atoms with E-state index in [1.165, 1.54) is 18.2 Å². The van der Waals surface area contributed by atoms with Gasteiger partial charge in [-0.3, -0.25) is 4.79 Å². The average Bonchev–Trinajstić information content (AvgIpc) is 2.68. The van der Waals surface area contributed by atoms with Crippen LogP contribution in [-0.2, 0) is 5.54 Å². The lowest BCUT2D eigenvalue weighted by Crippen LogP contribution is -2.46. The van der Waals surface area contributed by atoms with Crippen LogP contribution >= 0.6 is 11.6 Å². The highest BCUT2D eigenvalue weighted by atomic mass is 35.5. The van der Waals surface area contributed by atoms with Gasteiger partial charge in [0.25, 0.3) is 5.91 Å². The summed E-state index contributed by atoms with van der Waals surface area (Å²) in [7, 11) is 0. The number of rotatable bonds is 5. The number of hydrogen-bond acceptors (Lipinski definition) is 2. The Hall–Kier alpha value is -2.69. The molecule has 0 fully saturated rings. The molecule has 3 aromatic rings. The molecule has 2 N–H and O–H groups in total. The fraction of sp³-hybridized carbons (Fsp3) is 0.136. The Bertz CT molecular complexity index is 924. The molecule has 1 unspecified atom stereocenters. The minimum Gasteiger partial charge on any atom is -0.394 e. The van der Waals surface area contributed by atoms with E-state index in [1.54, 1.807) is 6.92 Å². The first-order valence-corrected chi connectivity index (χ1v) is 8.86. The van der Waals surface area contributed by atoms with Gasteiger partial charge in [-0.25, -0.2) is 4.39 Å². The maximum absolute atomic E-state index is 14.0. The zero-order chi connectivity index (χ0) is 19.4. The Labute approximate surface area is 162 Å². The lowest BCUT2D eigenvalue weighted by molar-refractivity contribution is 0.0845. The Morgan fingerprint density at radius 1 is 1.00 bits per heavy atom. The van der Waals surface area contributed by atoms with Crippen molar-refractivity contribution in [3.05, 3.63) is 94.8 Å². The number of carbonyl (C=O) groups is 1. The van der Waals surface area contributed by atoms with E-state index in [1.807, 2.05) is 54.6 Å². The summed E-state index contributed by atoms with van der Waals surface area (Å²) in [6, 6.07) is 21.4. The molecule has 3 nitrogen and oxygen atoms in total. The second kappa shape index (κ2) is 7.91. The largest absolute Gasteiger partial charge is 0.394 e. The van der Waals surface area contributed by atoms with Gasteiger partial charge in [0.2, 0.25) is 0 Å². The van der Waals surface area contributed by atoms with Crippen molar-refractivity contribution in [1.29, 1.82) is 0 Å². The van der Waals surface area contributed by atoms with Crippen LogP contribution in [0, 0.1) is 5.82 Å². The molecule has 27 heavy (non-hydrogen) atoms. The average molecular weight is 384 g/mol. The van der Waals surface area contributed by atoms with E-state index in [0.29, 0.717) is 5.56 Å². The van der Waals surface area contributed by atoms with Crippen LogP contribution in [0.15, 0.2) is 72.8 Å². The molecular weight excluding hydrogens is 365 g/mol. The summed E-state index contributed by atoms with van der Waals surface area (Å²) < 4.78 is 14.0. The van der Waals surface area contributed by atoms with E-state index < -0.39 is 17.3 Å². The molecule has 3 aromatic carbocycles. The third kappa shape index (κ3) is 4.02. The molecule has 0 saturated heterocycles. The first-order chi connectivity index (χ1) is 12.9. The lowest BCUT2D eigenvalue weighted by atomic mass is 9.90. The van der Waals surface area contributed by atoms with Crippen molar-refractivity contribution in [3.63, 3.8) is 0 Å². The number of nitrogens with one attached hydrogen (secondary N) is 1. The minimum atomic E-state index is -1.09. The van der Waals surface area contributed by atoms with Crippen molar-refractivity contribution in [2.24, 2.45) is 0 Å². The van der Waals surface area contributed by atoms with Crippen molar-refractivity contribution in [1.82, 2.24) is 5.32 Å². The van der Waals surface area contributed by atoms with Crippen LogP contribution in [0.2, 0.25) is 5.02 Å². The van der Waals surface area contributed by atoms with Crippen molar-refractivity contribution in [2.75, 3.05) is 6.61 Å². The third-order valence-corrected chi connectivity index (χ3v) is 4.84. The molecule has 138 valence electrons. The van der Waals surface area contributed by atoms with Crippen molar-refractivity contribution in [2.45, 2.75) is 12.5 Å². The highest BCUT2D eigenvalue weighted by molar-refractivity contribution is 6.33. The van der Waals surface area contributed by atoms with Crippen LogP contribution in [0.1, 0.15) is 22.8 Å². The normalized spacial score (nSPS) is 13.0. The summed E-state index contributed by atoms with van der Waals surface area (Å²) in [6.07, 6.45) is 0. The summed E-state index contributed by atoms with van der Waals surface area (Å²) in [4.78, 5) is 12.6. The second-order valence-electron chi connectivity index (χ2n) is 6.48. The molecule has 1 atom stereocenters. The third-order valence-electron chi connectivity index (χ3n) is 4.52. The van der Waals surface area contributed by atoms with E-state index in [-0.39, 0.29) is 17.2 Å². The fourth-order valence-electron chi connectivity index (χ4n) is 2.89. The van der Waals surface area contributed by atoms with Gasteiger partial charge in [-0.05, 0) is 35.7 Å². The molecule has 0 heterocycles. The van der Waals surface area contributed by atoms with Crippen LogP contribution in [0.25, 0.3) is 11.1 Å². The predicted molar refractivity (Wildman–Crippen MR) is 105 cm³/mol. The summed E-state index contributed by atoms with van der Waals surface area (Å²) >= 11 is 5.97.